The van der Waals surface area contributed by atoms with E-state index in [1.54, 1.807) is 0 Å². The first kappa shape index (κ1) is 14.2. The van der Waals surface area contributed by atoms with Gasteiger partial charge in [0.25, 0.3) is 0 Å². The Labute approximate surface area is 122 Å². The average molecular weight is 320 g/mol. The number of aryl methyl sites for hydroxylation is 1. The van der Waals surface area contributed by atoms with E-state index in [0.717, 1.165) is 28.0 Å². The maximum absolute atomic E-state index is 4.61. The molecule has 0 fully saturated rings. The summed E-state index contributed by atoms with van der Waals surface area (Å²) in [5.74, 6) is 0.858. The fourth-order valence-electron chi connectivity index (χ4n) is 2.00. The predicted molar refractivity (Wildman–Crippen MR) is 81.2 cm³/mol. The molecule has 0 bridgehead atoms. The van der Waals surface area contributed by atoms with Gasteiger partial charge in [-0.1, -0.05) is 34.1 Å². The number of benzene rings is 1. The van der Waals surface area contributed by atoms with Gasteiger partial charge in [-0.15, -0.1) is 0 Å². The Balaban J connectivity index is 2.24. The first-order valence-corrected chi connectivity index (χ1v) is 7.14. The molecule has 2 aromatic rings. The highest BCUT2D eigenvalue weighted by molar-refractivity contribution is 9.10. The Bertz CT molecular complexity index is 569. The van der Waals surface area contributed by atoms with Crippen molar-refractivity contribution in [3.05, 3.63) is 57.6 Å². The van der Waals surface area contributed by atoms with E-state index in [2.05, 4.69) is 44.2 Å². The van der Waals surface area contributed by atoms with Crippen LogP contribution in [-0.4, -0.2) is 17.0 Å². The Hall–Kier alpha value is -1.26. The molecule has 0 aliphatic carbocycles. The van der Waals surface area contributed by atoms with Crippen molar-refractivity contribution in [1.29, 1.82) is 0 Å². The number of halogens is 1. The van der Waals surface area contributed by atoms with E-state index >= 15 is 0 Å². The summed E-state index contributed by atoms with van der Waals surface area (Å²) >= 11 is 3.56. The summed E-state index contributed by atoms with van der Waals surface area (Å²) in [6.45, 7) is 4.15. The molecule has 4 heteroatoms. The third-order valence-corrected chi connectivity index (χ3v) is 4.05. The van der Waals surface area contributed by atoms with Crippen molar-refractivity contribution < 1.29 is 0 Å². The lowest BCUT2D eigenvalue weighted by Gasteiger charge is -2.13. The van der Waals surface area contributed by atoms with Gasteiger partial charge in [0, 0.05) is 34.4 Å². The zero-order chi connectivity index (χ0) is 13.8. The van der Waals surface area contributed by atoms with Gasteiger partial charge in [0.15, 0.2) is 0 Å². The van der Waals surface area contributed by atoms with Gasteiger partial charge in [0.05, 0.1) is 0 Å². The molecule has 2 rings (SSSR count). The van der Waals surface area contributed by atoms with Crippen molar-refractivity contribution in [2.24, 2.45) is 0 Å². The van der Waals surface area contributed by atoms with Gasteiger partial charge in [-0.25, -0.2) is 9.97 Å². The third kappa shape index (κ3) is 3.39. The number of aromatic nitrogens is 2. The smallest absolute Gasteiger partial charge is 0.132 e. The van der Waals surface area contributed by atoms with Crippen LogP contribution in [0.1, 0.15) is 35.6 Å². The van der Waals surface area contributed by atoms with Crippen molar-refractivity contribution in [3.63, 3.8) is 0 Å². The van der Waals surface area contributed by atoms with Gasteiger partial charge in [0.1, 0.15) is 5.82 Å². The summed E-state index contributed by atoms with van der Waals surface area (Å²) in [7, 11) is 1.94. The molecule has 0 radical (unpaired) electrons. The predicted octanol–water partition coefficient (Wildman–Crippen LogP) is 3.42. The maximum Gasteiger partial charge on any atom is 0.132 e. The van der Waals surface area contributed by atoms with Crippen LogP contribution in [0.15, 0.2) is 34.9 Å². The lowest BCUT2D eigenvalue weighted by Crippen LogP contribution is -2.15. The van der Waals surface area contributed by atoms with Crippen LogP contribution < -0.4 is 5.32 Å². The fourth-order valence-corrected chi connectivity index (χ4v) is 2.43. The van der Waals surface area contributed by atoms with Crippen molar-refractivity contribution in [2.45, 2.75) is 26.3 Å². The Morgan fingerprint density at radius 3 is 2.68 bits per heavy atom. The normalized spacial score (nSPS) is 12.4. The molecule has 0 aliphatic heterocycles. The van der Waals surface area contributed by atoms with Gasteiger partial charge < -0.3 is 5.32 Å². The molecule has 19 heavy (non-hydrogen) atoms. The molecule has 0 spiro atoms. The minimum absolute atomic E-state index is 0.275. The molecule has 0 saturated carbocycles. The Morgan fingerprint density at radius 2 is 2.05 bits per heavy atom. The van der Waals surface area contributed by atoms with E-state index in [0.29, 0.717) is 0 Å². The third-order valence-electron chi connectivity index (χ3n) is 3.27. The van der Waals surface area contributed by atoms with Crippen LogP contribution in [0.4, 0.5) is 0 Å². The van der Waals surface area contributed by atoms with Crippen LogP contribution in [0.5, 0.6) is 0 Å². The summed E-state index contributed by atoms with van der Waals surface area (Å²) < 4.78 is 1.10. The minimum atomic E-state index is 0.275. The van der Waals surface area contributed by atoms with Crippen LogP contribution in [0.3, 0.4) is 0 Å². The number of nitrogens with zero attached hydrogens (tertiary/aromatic N) is 2. The molecular formula is C15H18BrN3. The second-order valence-electron chi connectivity index (χ2n) is 4.61. The quantitative estimate of drug-likeness (QED) is 0.938. The maximum atomic E-state index is 4.61. The van der Waals surface area contributed by atoms with E-state index in [1.165, 1.54) is 5.56 Å². The number of hydrogen-bond donors (Lipinski definition) is 1. The first-order valence-electron chi connectivity index (χ1n) is 6.35. The Kier molecular flexibility index (Phi) is 4.66. The molecule has 1 N–H and O–H groups in total. The number of hydrogen-bond acceptors (Lipinski definition) is 3. The van der Waals surface area contributed by atoms with E-state index in [4.69, 9.17) is 0 Å². The molecule has 0 amide bonds. The number of nitrogens with one attached hydrogen (secondary N) is 1. The van der Waals surface area contributed by atoms with Crippen molar-refractivity contribution in [3.8, 4) is 0 Å². The molecule has 100 valence electrons. The summed E-state index contributed by atoms with van der Waals surface area (Å²) in [5, 5.41) is 3.21. The average Bonchev–Trinajstić information content (AvgIpc) is 2.41. The number of rotatable bonds is 4. The summed E-state index contributed by atoms with van der Waals surface area (Å²) in [5.41, 5.74) is 3.40. The molecule has 0 aliphatic rings. The monoisotopic (exact) mass is 319 g/mol. The van der Waals surface area contributed by atoms with Crippen molar-refractivity contribution in [2.75, 3.05) is 7.05 Å². The highest BCUT2D eigenvalue weighted by Gasteiger charge is 2.10. The highest BCUT2D eigenvalue weighted by Crippen LogP contribution is 2.19. The molecule has 1 heterocycles. The van der Waals surface area contributed by atoms with Crippen LogP contribution in [0.2, 0.25) is 0 Å². The zero-order valence-corrected chi connectivity index (χ0v) is 13.0. The van der Waals surface area contributed by atoms with Crippen LogP contribution >= 0.6 is 15.9 Å². The van der Waals surface area contributed by atoms with E-state index in [9.17, 15) is 0 Å². The van der Waals surface area contributed by atoms with Crippen LogP contribution in [0, 0.1) is 6.92 Å². The first-order chi connectivity index (χ1) is 9.11. The second-order valence-corrected chi connectivity index (χ2v) is 5.46. The fraction of sp³-hybridized carbons (Fsp3) is 0.333. The lowest BCUT2D eigenvalue weighted by atomic mass is 10.1. The van der Waals surface area contributed by atoms with Gasteiger partial charge in [-0.05, 0) is 32.5 Å². The summed E-state index contributed by atoms with van der Waals surface area (Å²) in [4.78, 5) is 9.08. The van der Waals surface area contributed by atoms with E-state index in [1.807, 2.05) is 38.4 Å². The Morgan fingerprint density at radius 1 is 1.32 bits per heavy atom. The summed E-state index contributed by atoms with van der Waals surface area (Å²) in [6, 6.07) is 8.45. The van der Waals surface area contributed by atoms with Crippen LogP contribution in [0.25, 0.3) is 0 Å². The molecule has 1 unspecified atom stereocenters. The molecule has 3 nitrogen and oxygen atoms in total. The van der Waals surface area contributed by atoms with Gasteiger partial charge in [-0.3, -0.25) is 0 Å². The molecule has 0 saturated heterocycles. The van der Waals surface area contributed by atoms with E-state index in [-0.39, 0.29) is 6.04 Å². The topological polar surface area (TPSA) is 37.8 Å². The van der Waals surface area contributed by atoms with Crippen molar-refractivity contribution >= 4 is 15.9 Å². The van der Waals surface area contributed by atoms with Crippen LogP contribution in [-0.2, 0) is 6.42 Å². The molecular weight excluding hydrogens is 302 g/mol. The lowest BCUT2D eigenvalue weighted by molar-refractivity contribution is 0.638. The van der Waals surface area contributed by atoms with Gasteiger partial charge in [-0.2, -0.15) is 0 Å². The van der Waals surface area contributed by atoms with E-state index < -0.39 is 0 Å². The molecule has 1 aromatic heterocycles. The minimum Gasteiger partial charge on any atom is -0.313 e. The highest BCUT2D eigenvalue weighted by atomic mass is 79.9. The van der Waals surface area contributed by atoms with Gasteiger partial charge in [0.2, 0.25) is 0 Å². The second kappa shape index (κ2) is 6.26. The standard InChI is InChI=1S/C15H18BrN3/c1-10(17-3)13-9-18-15(19-11(13)2)8-12-6-4-5-7-14(12)16/h4-7,9-10,17H,8H2,1-3H3. The SMILES string of the molecule is CNC(C)c1cnc(Cc2ccccc2Br)nc1C. The zero-order valence-electron chi connectivity index (χ0n) is 11.4. The molecule has 1 atom stereocenters. The molecule has 1 aromatic carbocycles. The summed E-state index contributed by atoms with van der Waals surface area (Å²) in [6.07, 6.45) is 2.67. The van der Waals surface area contributed by atoms with Crippen molar-refractivity contribution in [1.82, 2.24) is 15.3 Å². The largest absolute Gasteiger partial charge is 0.313 e. The van der Waals surface area contributed by atoms with Gasteiger partial charge >= 0.3 is 0 Å².